The fourth-order valence-electron chi connectivity index (χ4n) is 2.78. The first-order valence-electron chi connectivity index (χ1n) is 8.42. The Morgan fingerprint density at radius 2 is 1.63 bits per heavy atom. The lowest BCUT2D eigenvalue weighted by Crippen LogP contribution is -2.34. The minimum atomic E-state index is -4.52. The Labute approximate surface area is 155 Å². The highest BCUT2D eigenvalue weighted by atomic mass is 32.2. The number of halogens is 3. The molecule has 0 saturated carbocycles. The number of hydrogen-bond donors (Lipinski definition) is 1. The van der Waals surface area contributed by atoms with Gasteiger partial charge in [-0.15, -0.1) is 0 Å². The first kappa shape index (κ1) is 19.4. The smallest absolute Gasteiger partial charge is 0.341 e. The fourth-order valence-corrected chi connectivity index (χ4v) is 3.81. The summed E-state index contributed by atoms with van der Waals surface area (Å²) in [5.41, 5.74) is -0.769. The standard InChI is InChI=1S/C17H19F3N4O2S/c1-12-6-8-24(9-7-12)16-21-10-14(11-22-16)23-27(25,26)15-4-2-13(3-5-15)17(18,19)20/h2-5,10-12,23H,6-9H2,1H3. The zero-order valence-corrected chi connectivity index (χ0v) is 15.4. The average Bonchev–Trinajstić information content (AvgIpc) is 2.62. The van der Waals surface area contributed by atoms with E-state index in [4.69, 9.17) is 0 Å². The molecule has 1 aliphatic rings. The Morgan fingerprint density at radius 3 is 2.15 bits per heavy atom. The third-order valence-corrected chi connectivity index (χ3v) is 5.85. The minimum Gasteiger partial charge on any atom is -0.341 e. The molecule has 27 heavy (non-hydrogen) atoms. The number of piperidine rings is 1. The van der Waals surface area contributed by atoms with Gasteiger partial charge in [-0.3, -0.25) is 4.72 Å². The molecular weight excluding hydrogens is 381 g/mol. The molecule has 146 valence electrons. The maximum atomic E-state index is 12.6. The van der Waals surface area contributed by atoms with Crippen molar-refractivity contribution in [2.45, 2.75) is 30.8 Å². The van der Waals surface area contributed by atoms with Gasteiger partial charge in [0.2, 0.25) is 5.95 Å². The molecule has 2 aromatic rings. The van der Waals surface area contributed by atoms with Crippen LogP contribution in [0.15, 0.2) is 41.6 Å². The van der Waals surface area contributed by atoms with E-state index in [1.54, 1.807) is 0 Å². The number of anilines is 2. The van der Waals surface area contributed by atoms with Gasteiger partial charge in [-0.25, -0.2) is 18.4 Å². The van der Waals surface area contributed by atoms with Gasteiger partial charge in [-0.1, -0.05) is 6.92 Å². The second-order valence-electron chi connectivity index (χ2n) is 6.57. The van der Waals surface area contributed by atoms with Gasteiger partial charge in [0, 0.05) is 13.1 Å². The second-order valence-corrected chi connectivity index (χ2v) is 8.25. The van der Waals surface area contributed by atoms with Crippen molar-refractivity contribution in [3.05, 3.63) is 42.2 Å². The van der Waals surface area contributed by atoms with Gasteiger partial charge in [-0.05, 0) is 43.0 Å². The molecule has 0 aliphatic carbocycles. The van der Waals surface area contributed by atoms with Crippen molar-refractivity contribution in [3.63, 3.8) is 0 Å². The summed E-state index contributed by atoms with van der Waals surface area (Å²) in [5, 5.41) is 0. The molecule has 1 saturated heterocycles. The third kappa shape index (κ3) is 4.68. The molecule has 0 bridgehead atoms. The van der Waals surface area contributed by atoms with Gasteiger partial charge >= 0.3 is 6.18 Å². The van der Waals surface area contributed by atoms with Crippen molar-refractivity contribution in [2.75, 3.05) is 22.7 Å². The summed E-state index contributed by atoms with van der Waals surface area (Å²) in [5.74, 6) is 1.19. The van der Waals surface area contributed by atoms with Gasteiger partial charge < -0.3 is 4.90 Å². The lowest BCUT2D eigenvalue weighted by Gasteiger charge is -2.30. The monoisotopic (exact) mass is 400 g/mol. The summed E-state index contributed by atoms with van der Waals surface area (Å²) >= 11 is 0. The van der Waals surface area contributed by atoms with Gasteiger partial charge in [0.1, 0.15) is 0 Å². The molecule has 0 spiro atoms. The second kappa shape index (κ2) is 7.34. The van der Waals surface area contributed by atoms with E-state index in [2.05, 4.69) is 21.6 Å². The molecule has 0 unspecified atom stereocenters. The van der Waals surface area contributed by atoms with Crippen molar-refractivity contribution in [1.82, 2.24) is 9.97 Å². The maximum Gasteiger partial charge on any atom is 0.416 e. The number of nitrogens with zero attached hydrogens (tertiary/aromatic N) is 3. The number of rotatable bonds is 4. The first-order chi connectivity index (χ1) is 12.6. The van der Waals surface area contributed by atoms with Crippen molar-refractivity contribution in [2.24, 2.45) is 5.92 Å². The Bertz CT molecular complexity index is 876. The van der Waals surface area contributed by atoms with Crippen LogP contribution in [0.1, 0.15) is 25.3 Å². The van der Waals surface area contributed by atoms with E-state index in [-0.39, 0.29) is 10.6 Å². The highest BCUT2D eigenvalue weighted by Gasteiger charge is 2.30. The van der Waals surface area contributed by atoms with Crippen LogP contribution in [0, 0.1) is 5.92 Å². The molecule has 10 heteroatoms. The normalized spacial score (nSPS) is 16.4. The zero-order valence-electron chi connectivity index (χ0n) is 14.6. The van der Waals surface area contributed by atoms with Crippen LogP contribution in [0.3, 0.4) is 0 Å². The van der Waals surface area contributed by atoms with Crippen LogP contribution >= 0.6 is 0 Å². The van der Waals surface area contributed by atoms with Crippen LogP contribution in [0.4, 0.5) is 24.8 Å². The molecule has 1 fully saturated rings. The predicted molar refractivity (Wildman–Crippen MR) is 94.9 cm³/mol. The average molecular weight is 400 g/mol. The quantitative estimate of drug-likeness (QED) is 0.850. The molecule has 1 aromatic heterocycles. The van der Waals surface area contributed by atoms with E-state index in [1.807, 2.05) is 4.90 Å². The van der Waals surface area contributed by atoms with Crippen LogP contribution in [0.25, 0.3) is 0 Å². The van der Waals surface area contributed by atoms with Crippen molar-refractivity contribution >= 4 is 21.7 Å². The molecule has 0 atom stereocenters. The molecule has 2 heterocycles. The summed E-state index contributed by atoms with van der Waals surface area (Å²) in [6.45, 7) is 3.88. The van der Waals surface area contributed by atoms with Gasteiger partial charge in [-0.2, -0.15) is 13.2 Å². The Hall–Kier alpha value is -2.36. The third-order valence-electron chi connectivity index (χ3n) is 4.45. The fraction of sp³-hybridized carbons (Fsp3) is 0.412. The number of sulfonamides is 1. The van der Waals surface area contributed by atoms with E-state index >= 15 is 0 Å². The summed E-state index contributed by atoms with van der Waals surface area (Å²) in [6, 6.07) is 3.28. The topological polar surface area (TPSA) is 75.2 Å². The Balaban J connectivity index is 1.70. The summed E-state index contributed by atoms with van der Waals surface area (Å²) < 4.78 is 64.7. The first-order valence-corrected chi connectivity index (χ1v) is 9.90. The molecule has 3 rings (SSSR count). The largest absolute Gasteiger partial charge is 0.416 e. The summed E-state index contributed by atoms with van der Waals surface area (Å²) in [4.78, 5) is 10.1. The van der Waals surface area contributed by atoms with E-state index < -0.39 is 21.8 Å². The van der Waals surface area contributed by atoms with Crippen LogP contribution in [0.5, 0.6) is 0 Å². The molecule has 0 radical (unpaired) electrons. The van der Waals surface area contributed by atoms with Crippen molar-refractivity contribution in [3.8, 4) is 0 Å². The maximum absolute atomic E-state index is 12.6. The lowest BCUT2D eigenvalue weighted by molar-refractivity contribution is -0.137. The molecule has 0 amide bonds. The van der Waals surface area contributed by atoms with Crippen LogP contribution in [0.2, 0.25) is 0 Å². The molecule has 6 nitrogen and oxygen atoms in total. The number of aromatic nitrogens is 2. The number of nitrogens with one attached hydrogen (secondary N) is 1. The molecular formula is C17H19F3N4O2S. The Kier molecular flexibility index (Phi) is 5.27. The zero-order chi connectivity index (χ0) is 19.7. The SMILES string of the molecule is CC1CCN(c2ncc(NS(=O)(=O)c3ccc(C(F)(F)F)cc3)cn2)CC1. The molecule has 1 N–H and O–H groups in total. The van der Waals surface area contributed by atoms with Gasteiger partial charge in [0.05, 0.1) is 28.5 Å². The predicted octanol–water partition coefficient (Wildman–Crippen LogP) is 3.53. The highest BCUT2D eigenvalue weighted by molar-refractivity contribution is 7.92. The lowest BCUT2D eigenvalue weighted by atomic mass is 10.00. The van der Waals surface area contributed by atoms with Crippen LogP contribution in [-0.2, 0) is 16.2 Å². The molecule has 1 aromatic carbocycles. The van der Waals surface area contributed by atoms with Crippen LogP contribution < -0.4 is 9.62 Å². The van der Waals surface area contributed by atoms with Gasteiger partial charge in [0.15, 0.2) is 0 Å². The summed E-state index contributed by atoms with van der Waals surface area (Å²) in [6.07, 6.45) is 0.271. The molecule has 1 aliphatic heterocycles. The van der Waals surface area contributed by atoms with Gasteiger partial charge in [0.25, 0.3) is 10.0 Å². The van der Waals surface area contributed by atoms with Crippen molar-refractivity contribution < 1.29 is 21.6 Å². The van der Waals surface area contributed by atoms with E-state index in [1.165, 1.54) is 12.4 Å². The number of hydrogen-bond acceptors (Lipinski definition) is 5. The van der Waals surface area contributed by atoms with E-state index in [0.717, 1.165) is 50.2 Å². The van der Waals surface area contributed by atoms with Crippen LogP contribution in [-0.4, -0.2) is 31.5 Å². The van der Waals surface area contributed by atoms with E-state index in [9.17, 15) is 21.6 Å². The van der Waals surface area contributed by atoms with Crippen molar-refractivity contribution in [1.29, 1.82) is 0 Å². The Morgan fingerprint density at radius 1 is 1.07 bits per heavy atom. The number of alkyl halides is 3. The minimum absolute atomic E-state index is 0.143. The highest BCUT2D eigenvalue weighted by Crippen LogP contribution is 2.30. The van der Waals surface area contributed by atoms with E-state index in [0.29, 0.717) is 11.9 Å². The summed E-state index contributed by atoms with van der Waals surface area (Å²) in [7, 11) is -4.03. The number of benzene rings is 1.